The van der Waals surface area contributed by atoms with Crippen molar-refractivity contribution >= 4 is 23.4 Å². The van der Waals surface area contributed by atoms with E-state index in [9.17, 15) is 19.5 Å². The number of methoxy groups -OCH3 is 2. The maximum absolute atomic E-state index is 13.2. The van der Waals surface area contributed by atoms with Gasteiger partial charge in [-0.2, -0.15) is 0 Å². The van der Waals surface area contributed by atoms with Gasteiger partial charge in [-0.15, -0.1) is 0 Å². The van der Waals surface area contributed by atoms with Crippen molar-refractivity contribution in [1.82, 2.24) is 14.5 Å². The monoisotopic (exact) mass is 475 g/mol. The molecule has 0 aliphatic carbocycles. The lowest BCUT2D eigenvalue weighted by molar-refractivity contribution is -0.139. The summed E-state index contributed by atoms with van der Waals surface area (Å²) in [5, 5.41) is 11.2. The van der Waals surface area contributed by atoms with Crippen molar-refractivity contribution in [3.8, 4) is 5.75 Å². The molecule has 9 nitrogen and oxygen atoms in total. The van der Waals surface area contributed by atoms with Crippen molar-refractivity contribution in [2.24, 2.45) is 0 Å². The van der Waals surface area contributed by atoms with Crippen LogP contribution >= 0.6 is 0 Å². The van der Waals surface area contributed by atoms with Crippen LogP contribution in [0.4, 0.5) is 0 Å². The Hall–Kier alpha value is -4.40. The molecule has 0 saturated carbocycles. The van der Waals surface area contributed by atoms with Crippen LogP contribution in [0.25, 0.3) is 5.76 Å². The molecule has 4 rings (SSSR count). The Balaban J connectivity index is 1.74. The van der Waals surface area contributed by atoms with E-state index in [1.807, 2.05) is 10.8 Å². The molecule has 1 aliphatic heterocycles. The summed E-state index contributed by atoms with van der Waals surface area (Å²) in [6.45, 7) is 0.883. The van der Waals surface area contributed by atoms with E-state index in [-0.39, 0.29) is 17.9 Å². The normalized spacial score (nSPS) is 17.0. The molecule has 2 aromatic carbocycles. The predicted molar refractivity (Wildman–Crippen MR) is 127 cm³/mol. The van der Waals surface area contributed by atoms with Gasteiger partial charge in [0.05, 0.1) is 37.7 Å². The number of aromatic nitrogens is 2. The minimum Gasteiger partial charge on any atom is -0.507 e. The third kappa shape index (κ3) is 4.79. The Morgan fingerprint density at radius 3 is 2.49 bits per heavy atom. The Labute approximate surface area is 202 Å². The molecule has 1 saturated heterocycles. The molecule has 1 amide bonds. The van der Waals surface area contributed by atoms with Crippen LogP contribution in [0.1, 0.15) is 33.9 Å². The van der Waals surface area contributed by atoms with Crippen molar-refractivity contribution in [2.45, 2.75) is 19.0 Å². The summed E-state index contributed by atoms with van der Waals surface area (Å²) in [4.78, 5) is 43.6. The number of aliphatic hydroxyl groups is 1. The van der Waals surface area contributed by atoms with E-state index in [2.05, 4.69) is 4.98 Å². The number of ether oxygens (including phenoxy) is 2. The minimum atomic E-state index is -0.823. The second-order valence-corrected chi connectivity index (χ2v) is 7.99. The van der Waals surface area contributed by atoms with Crippen molar-refractivity contribution in [1.29, 1.82) is 0 Å². The van der Waals surface area contributed by atoms with Gasteiger partial charge in [0.2, 0.25) is 0 Å². The lowest BCUT2D eigenvalue weighted by Gasteiger charge is -2.25. The number of ketones is 1. The van der Waals surface area contributed by atoms with Gasteiger partial charge in [-0.05, 0) is 36.2 Å². The molecule has 9 heteroatoms. The van der Waals surface area contributed by atoms with Gasteiger partial charge in [-0.25, -0.2) is 9.78 Å². The first-order valence-electron chi connectivity index (χ1n) is 11.0. The number of carbonyl (C=O) groups is 3. The summed E-state index contributed by atoms with van der Waals surface area (Å²) in [5.74, 6) is -1.75. The second kappa shape index (κ2) is 10.3. The number of imidazole rings is 1. The number of likely N-dealkylation sites (tertiary alicyclic amines) is 1. The average molecular weight is 476 g/mol. The molecule has 1 atom stereocenters. The van der Waals surface area contributed by atoms with Crippen LogP contribution in [0.5, 0.6) is 5.75 Å². The van der Waals surface area contributed by atoms with Crippen molar-refractivity contribution < 1.29 is 29.0 Å². The molecule has 1 N–H and O–H groups in total. The largest absolute Gasteiger partial charge is 0.507 e. The van der Waals surface area contributed by atoms with E-state index in [0.717, 1.165) is 0 Å². The molecule has 0 radical (unpaired) electrons. The topological polar surface area (TPSA) is 111 Å². The van der Waals surface area contributed by atoms with Gasteiger partial charge < -0.3 is 24.0 Å². The number of carbonyl (C=O) groups excluding carboxylic acids is 3. The summed E-state index contributed by atoms with van der Waals surface area (Å²) in [7, 11) is 2.79. The van der Waals surface area contributed by atoms with E-state index in [4.69, 9.17) is 9.47 Å². The summed E-state index contributed by atoms with van der Waals surface area (Å²) in [6.07, 6.45) is 5.74. The lowest BCUT2D eigenvalue weighted by Crippen LogP contribution is -2.31. The van der Waals surface area contributed by atoms with Gasteiger partial charge in [0, 0.05) is 31.0 Å². The molecule has 0 bridgehead atoms. The summed E-state index contributed by atoms with van der Waals surface area (Å²) in [6, 6.07) is 12.3. The fourth-order valence-corrected chi connectivity index (χ4v) is 4.15. The Kier molecular flexibility index (Phi) is 6.96. The molecule has 1 aliphatic rings. The number of benzene rings is 2. The fraction of sp³-hybridized carbons (Fsp3) is 0.231. The SMILES string of the molecule is COC(=O)c1ccc([C@H]2/C(=C(\O)c3cccc(OC)c3)C(=O)C(=O)N2CCCn2ccnc2)cc1. The Morgan fingerprint density at radius 1 is 1.06 bits per heavy atom. The van der Waals surface area contributed by atoms with E-state index < -0.39 is 23.7 Å². The zero-order valence-electron chi connectivity index (χ0n) is 19.4. The number of Topliss-reactive ketones (excluding diaryl/α,β-unsaturated/α-hetero) is 1. The summed E-state index contributed by atoms with van der Waals surface area (Å²) in [5.41, 5.74) is 1.26. The van der Waals surface area contributed by atoms with Crippen LogP contribution in [-0.4, -0.2) is 58.0 Å². The van der Waals surface area contributed by atoms with Gasteiger partial charge in [0.1, 0.15) is 11.5 Å². The van der Waals surface area contributed by atoms with E-state index in [1.165, 1.54) is 19.1 Å². The van der Waals surface area contributed by atoms with Crippen LogP contribution < -0.4 is 4.74 Å². The zero-order valence-corrected chi connectivity index (χ0v) is 19.4. The van der Waals surface area contributed by atoms with Crippen LogP contribution in [0.15, 0.2) is 72.8 Å². The number of aliphatic hydroxyl groups excluding tert-OH is 1. The maximum Gasteiger partial charge on any atom is 0.337 e. The smallest absolute Gasteiger partial charge is 0.337 e. The van der Waals surface area contributed by atoms with Gasteiger partial charge in [-0.3, -0.25) is 9.59 Å². The van der Waals surface area contributed by atoms with Crippen LogP contribution in [0.3, 0.4) is 0 Å². The average Bonchev–Trinajstić information content (AvgIpc) is 3.50. The third-order valence-electron chi connectivity index (χ3n) is 5.91. The quantitative estimate of drug-likeness (QED) is 0.231. The number of esters is 1. The number of rotatable bonds is 8. The Morgan fingerprint density at radius 2 is 1.83 bits per heavy atom. The second-order valence-electron chi connectivity index (χ2n) is 7.99. The standard InChI is InChI=1S/C26H25N3O6/c1-34-20-6-3-5-19(15-20)23(30)21-22(17-7-9-18(10-8-17)26(33)35-2)29(25(32)24(21)31)13-4-12-28-14-11-27-16-28/h3,5-11,14-16,22,30H,4,12-13H2,1-2H3/b23-21+/t22-/m0/s1. The number of hydrogen-bond acceptors (Lipinski definition) is 7. The number of nitrogens with zero attached hydrogens (tertiary/aromatic N) is 3. The number of aryl methyl sites for hydroxylation is 1. The van der Waals surface area contributed by atoms with Crippen molar-refractivity contribution in [3.05, 3.63) is 89.5 Å². The highest BCUT2D eigenvalue weighted by atomic mass is 16.5. The van der Waals surface area contributed by atoms with Gasteiger partial charge >= 0.3 is 5.97 Å². The molecule has 3 aromatic rings. The zero-order chi connectivity index (χ0) is 24.9. The molecule has 180 valence electrons. The molecule has 0 unspecified atom stereocenters. The minimum absolute atomic E-state index is 0.0169. The fourth-order valence-electron chi connectivity index (χ4n) is 4.15. The first kappa shape index (κ1) is 23.7. The molecular weight excluding hydrogens is 450 g/mol. The molecule has 0 spiro atoms. The highest BCUT2D eigenvalue weighted by Crippen LogP contribution is 2.40. The number of hydrogen-bond donors (Lipinski definition) is 1. The third-order valence-corrected chi connectivity index (χ3v) is 5.91. The lowest BCUT2D eigenvalue weighted by atomic mass is 9.94. The Bertz CT molecular complexity index is 1260. The van der Waals surface area contributed by atoms with E-state index in [0.29, 0.717) is 35.4 Å². The predicted octanol–water partition coefficient (Wildman–Crippen LogP) is 3.19. The van der Waals surface area contributed by atoms with Gasteiger partial charge in [0.25, 0.3) is 11.7 Å². The van der Waals surface area contributed by atoms with Gasteiger partial charge in [-0.1, -0.05) is 24.3 Å². The van der Waals surface area contributed by atoms with Crippen LogP contribution in [-0.2, 0) is 20.9 Å². The molecule has 1 fully saturated rings. The number of amides is 1. The first-order valence-corrected chi connectivity index (χ1v) is 11.0. The molecular formula is C26H25N3O6. The maximum atomic E-state index is 13.2. The highest BCUT2D eigenvalue weighted by Gasteiger charge is 2.45. The van der Waals surface area contributed by atoms with Crippen LogP contribution in [0, 0.1) is 0 Å². The van der Waals surface area contributed by atoms with Gasteiger partial charge in [0.15, 0.2) is 0 Å². The summed E-state index contributed by atoms with van der Waals surface area (Å²) < 4.78 is 11.9. The van der Waals surface area contributed by atoms with E-state index in [1.54, 1.807) is 61.1 Å². The molecule has 1 aromatic heterocycles. The van der Waals surface area contributed by atoms with Crippen molar-refractivity contribution in [3.63, 3.8) is 0 Å². The summed E-state index contributed by atoms with van der Waals surface area (Å²) >= 11 is 0. The van der Waals surface area contributed by atoms with Crippen molar-refractivity contribution in [2.75, 3.05) is 20.8 Å². The van der Waals surface area contributed by atoms with Crippen LogP contribution in [0.2, 0.25) is 0 Å². The molecule has 35 heavy (non-hydrogen) atoms. The first-order chi connectivity index (χ1) is 16.9. The highest BCUT2D eigenvalue weighted by molar-refractivity contribution is 6.46. The van der Waals surface area contributed by atoms with E-state index >= 15 is 0 Å². The molecule has 2 heterocycles.